The van der Waals surface area contributed by atoms with E-state index in [0.29, 0.717) is 5.92 Å². The standard InChI is InChI=1S/C18H21NO/c1-12(2)13-6-8-14(9-7-13)17(19)16-5-3-4-15-10-11-20-18(15)16/h3-9,12,17H,10-11,19H2,1-2H3. The molecule has 20 heavy (non-hydrogen) atoms. The van der Waals surface area contributed by atoms with E-state index in [0.717, 1.165) is 29.9 Å². The van der Waals surface area contributed by atoms with Gasteiger partial charge >= 0.3 is 0 Å². The van der Waals surface area contributed by atoms with Crippen molar-refractivity contribution in [1.82, 2.24) is 0 Å². The maximum absolute atomic E-state index is 6.44. The molecule has 1 heterocycles. The number of ether oxygens (including phenoxy) is 1. The van der Waals surface area contributed by atoms with Gasteiger partial charge in [0.25, 0.3) is 0 Å². The minimum atomic E-state index is -0.121. The Labute approximate surface area is 120 Å². The Morgan fingerprint density at radius 1 is 1.00 bits per heavy atom. The maximum atomic E-state index is 6.44. The van der Waals surface area contributed by atoms with Gasteiger partial charge in [-0.3, -0.25) is 0 Å². The molecule has 2 aromatic carbocycles. The Hall–Kier alpha value is -1.80. The third kappa shape index (κ3) is 2.32. The molecular formula is C18H21NO. The zero-order valence-electron chi connectivity index (χ0n) is 12.1. The van der Waals surface area contributed by atoms with Crippen LogP contribution in [0.1, 0.15) is 48.1 Å². The first-order valence-corrected chi connectivity index (χ1v) is 7.27. The van der Waals surface area contributed by atoms with Crippen LogP contribution in [-0.4, -0.2) is 6.61 Å². The molecule has 0 amide bonds. The molecule has 0 spiro atoms. The lowest BCUT2D eigenvalue weighted by atomic mass is 9.94. The van der Waals surface area contributed by atoms with Gasteiger partial charge in [-0.05, 0) is 22.6 Å². The molecular weight excluding hydrogens is 246 g/mol. The number of fused-ring (bicyclic) bond motifs is 1. The Balaban J connectivity index is 1.93. The summed E-state index contributed by atoms with van der Waals surface area (Å²) < 4.78 is 5.75. The Morgan fingerprint density at radius 2 is 1.70 bits per heavy atom. The summed E-state index contributed by atoms with van der Waals surface area (Å²) in [5.41, 5.74) is 11.3. The lowest BCUT2D eigenvalue weighted by Crippen LogP contribution is -2.13. The molecule has 2 nitrogen and oxygen atoms in total. The highest BCUT2D eigenvalue weighted by atomic mass is 16.5. The lowest BCUT2D eigenvalue weighted by Gasteiger charge is -2.17. The summed E-state index contributed by atoms with van der Waals surface area (Å²) in [6.45, 7) is 5.17. The van der Waals surface area contributed by atoms with Gasteiger partial charge in [0, 0.05) is 12.0 Å². The van der Waals surface area contributed by atoms with Gasteiger partial charge in [0.1, 0.15) is 5.75 Å². The molecule has 2 aromatic rings. The predicted octanol–water partition coefficient (Wildman–Crippen LogP) is 3.79. The van der Waals surface area contributed by atoms with Crippen molar-refractivity contribution in [1.29, 1.82) is 0 Å². The number of para-hydroxylation sites is 1. The molecule has 0 radical (unpaired) electrons. The number of rotatable bonds is 3. The van der Waals surface area contributed by atoms with Crippen molar-refractivity contribution >= 4 is 0 Å². The van der Waals surface area contributed by atoms with Crippen LogP contribution in [0.4, 0.5) is 0 Å². The topological polar surface area (TPSA) is 35.2 Å². The zero-order chi connectivity index (χ0) is 14.1. The van der Waals surface area contributed by atoms with Crippen molar-refractivity contribution < 1.29 is 4.74 Å². The second-order valence-corrected chi connectivity index (χ2v) is 5.73. The van der Waals surface area contributed by atoms with Gasteiger partial charge in [-0.15, -0.1) is 0 Å². The van der Waals surface area contributed by atoms with Crippen LogP contribution in [0.15, 0.2) is 42.5 Å². The Bertz CT molecular complexity index is 601. The summed E-state index contributed by atoms with van der Waals surface area (Å²) in [6.07, 6.45) is 0.988. The van der Waals surface area contributed by atoms with Crippen LogP contribution in [0, 0.1) is 0 Å². The summed E-state index contributed by atoms with van der Waals surface area (Å²) >= 11 is 0. The van der Waals surface area contributed by atoms with E-state index in [1.165, 1.54) is 11.1 Å². The van der Waals surface area contributed by atoms with Crippen molar-refractivity contribution in [3.63, 3.8) is 0 Å². The van der Waals surface area contributed by atoms with Crippen LogP contribution in [0.5, 0.6) is 5.75 Å². The second-order valence-electron chi connectivity index (χ2n) is 5.73. The van der Waals surface area contributed by atoms with E-state index in [4.69, 9.17) is 10.5 Å². The number of hydrogen-bond acceptors (Lipinski definition) is 2. The molecule has 2 N–H and O–H groups in total. The predicted molar refractivity (Wildman–Crippen MR) is 82.2 cm³/mol. The molecule has 1 atom stereocenters. The Morgan fingerprint density at radius 3 is 2.40 bits per heavy atom. The van der Waals surface area contributed by atoms with E-state index in [9.17, 15) is 0 Å². The lowest BCUT2D eigenvalue weighted by molar-refractivity contribution is 0.352. The average molecular weight is 267 g/mol. The molecule has 0 bridgehead atoms. The summed E-state index contributed by atoms with van der Waals surface area (Å²) in [6, 6.07) is 14.8. The van der Waals surface area contributed by atoms with E-state index in [1.54, 1.807) is 0 Å². The average Bonchev–Trinajstić information content (AvgIpc) is 2.95. The highest BCUT2D eigenvalue weighted by molar-refractivity contribution is 5.48. The first-order chi connectivity index (χ1) is 9.66. The smallest absolute Gasteiger partial charge is 0.127 e. The first-order valence-electron chi connectivity index (χ1n) is 7.27. The van der Waals surface area contributed by atoms with Crippen LogP contribution in [0.25, 0.3) is 0 Å². The van der Waals surface area contributed by atoms with Crippen molar-refractivity contribution in [2.75, 3.05) is 6.61 Å². The fourth-order valence-electron chi connectivity index (χ4n) is 2.75. The monoisotopic (exact) mass is 267 g/mol. The van der Waals surface area contributed by atoms with E-state index in [-0.39, 0.29) is 6.04 Å². The molecule has 0 saturated carbocycles. The van der Waals surface area contributed by atoms with Crippen LogP contribution in [0.3, 0.4) is 0 Å². The number of hydrogen-bond donors (Lipinski definition) is 1. The zero-order valence-corrected chi connectivity index (χ0v) is 12.1. The normalized spacial score (nSPS) is 15.0. The van der Waals surface area contributed by atoms with Crippen LogP contribution < -0.4 is 10.5 Å². The van der Waals surface area contributed by atoms with Crippen molar-refractivity contribution in [2.45, 2.75) is 32.2 Å². The maximum Gasteiger partial charge on any atom is 0.127 e. The summed E-state index contributed by atoms with van der Waals surface area (Å²) in [5.74, 6) is 1.54. The van der Waals surface area contributed by atoms with Gasteiger partial charge in [-0.1, -0.05) is 56.3 Å². The van der Waals surface area contributed by atoms with E-state index in [1.807, 2.05) is 0 Å². The molecule has 3 rings (SSSR count). The fraction of sp³-hybridized carbons (Fsp3) is 0.333. The van der Waals surface area contributed by atoms with Gasteiger partial charge in [0.05, 0.1) is 12.6 Å². The van der Waals surface area contributed by atoms with Crippen LogP contribution >= 0.6 is 0 Å². The van der Waals surface area contributed by atoms with Gasteiger partial charge in [-0.2, -0.15) is 0 Å². The molecule has 104 valence electrons. The Kier molecular flexibility index (Phi) is 3.49. The highest BCUT2D eigenvalue weighted by Crippen LogP contribution is 2.35. The number of benzene rings is 2. The first kappa shape index (κ1) is 13.2. The quantitative estimate of drug-likeness (QED) is 0.918. The second kappa shape index (κ2) is 5.29. The fourth-order valence-corrected chi connectivity index (χ4v) is 2.75. The molecule has 1 aliphatic heterocycles. The summed E-state index contributed by atoms with van der Waals surface area (Å²) in [5, 5.41) is 0. The highest BCUT2D eigenvalue weighted by Gasteiger charge is 2.20. The summed E-state index contributed by atoms with van der Waals surface area (Å²) in [7, 11) is 0. The van der Waals surface area contributed by atoms with Crippen molar-refractivity contribution in [2.24, 2.45) is 5.73 Å². The van der Waals surface area contributed by atoms with Gasteiger partial charge < -0.3 is 10.5 Å². The minimum Gasteiger partial charge on any atom is -0.493 e. The van der Waals surface area contributed by atoms with Crippen molar-refractivity contribution in [3.05, 3.63) is 64.7 Å². The minimum absolute atomic E-state index is 0.121. The molecule has 0 aliphatic carbocycles. The molecule has 0 aromatic heterocycles. The third-order valence-electron chi connectivity index (χ3n) is 4.04. The van der Waals surface area contributed by atoms with E-state index < -0.39 is 0 Å². The van der Waals surface area contributed by atoms with Gasteiger partial charge in [0.2, 0.25) is 0 Å². The van der Waals surface area contributed by atoms with Gasteiger partial charge in [-0.25, -0.2) is 0 Å². The van der Waals surface area contributed by atoms with Crippen molar-refractivity contribution in [3.8, 4) is 5.75 Å². The largest absolute Gasteiger partial charge is 0.493 e. The van der Waals surface area contributed by atoms with Gasteiger partial charge in [0.15, 0.2) is 0 Å². The molecule has 1 aliphatic rings. The molecule has 0 saturated heterocycles. The molecule has 2 heteroatoms. The third-order valence-corrected chi connectivity index (χ3v) is 4.04. The van der Waals surface area contributed by atoms with E-state index >= 15 is 0 Å². The molecule has 1 unspecified atom stereocenters. The van der Waals surface area contributed by atoms with E-state index in [2.05, 4.69) is 56.3 Å². The van der Waals surface area contributed by atoms with Crippen LogP contribution in [0.2, 0.25) is 0 Å². The molecule has 0 fully saturated rings. The summed E-state index contributed by atoms with van der Waals surface area (Å²) in [4.78, 5) is 0. The number of nitrogens with two attached hydrogens (primary N) is 1. The SMILES string of the molecule is CC(C)c1ccc(C(N)c2cccc3c2OCC3)cc1. The van der Waals surface area contributed by atoms with Crippen LogP contribution in [-0.2, 0) is 6.42 Å².